The van der Waals surface area contributed by atoms with Crippen molar-refractivity contribution in [1.29, 1.82) is 0 Å². The highest BCUT2D eigenvalue weighted by atomic mass is 35.5. The topological polar surface area (TPSA) is 114 Å². The second-order valence-corrected chi connectivity index (χ2v) is 8.86. The minimum Gasteiger partial charge on any atom is -0.472 e. The summed E-state index contributed by atoms with van der Waals surface area (Å²) in [4.78, 5) is 19.5. The highest BCUT2D eigenvalue weighted by Crippen LogP contribution is 2.38. The van der Waals surface area contributed by atoms with Gasteiger partial charge in [-0.15, -0.1) is 5.10 Å². The summed E-state index contributed by atoms with van der Waals surface area (Å²) < 4.78 is 9.25. The Balaban J connectivity index is 1.47. The fourth-order valence-corrected chi connectivity index (χ4v) is 4.63. The van der Waals surface area contributed by atoms with Gasteiger partial charge in [0.05, 0.1) is 23.0 Å². The lowest BCUT2D eigenvalue weighted by Gasteiger charge is -2.27. The van der Waals surface area contributed by atoms with Crippen LogP contribution in [0.2, 0.25) is 10.4 Å². The van der Waals surface area contributed by atoms with Gasteiger partial charge < -0.3 is 4.74 Å². The molecule has 3 aromatic heterocycles. The Morgan fingerprint density at radius 3 is 2.69 bits per heavy atom. The number of nitro groups is 1. The van der Waals surface area contributed by atoms with Crippen LogP contribution in [-0.2, 0) is 13.0 Å². The van der Waals surface area contributed by atoms with E-state index in [-0.39, 0.29) is 34.4 Å². The molecule has 0 N–H and O–H groups in total. The van der Waals surface area contributed by atoms with Gasteiger partial charge in [-0.2, -0.15) is 10.1 Å². The molecule has 1 aliphatic carbocycles. The number of hydrogen-bond donors (Lipinski definition) is 0. The fraction of sp³-hybridized carbons (Fsp3) is 0.600. The van der Waals surface area contributed by atoms with Gasteiger partial charge in [0.25, 0.3) is 0 Å². The number of hydrogen-bond acceptors (Lipinski definition) is 7. The predicted octanol–water partition coefficient (Wildman–Crippen LogP) is 5.02. The van der Waals surface area contributed by atoms with Crippen LogP contribution in [0, 0.1) is 16.0 Å². The minimum absolute atomic E-state index is 0.0294. The third-order valence-corrected chi connectivity index (χ3v) is 6.43. The molecule has 0 amide bonds. The number of nitrogens with zero attached hydrogens (tertiary/aromatic N) is 7. The zero-order chi connectivity index (χ0) is 22.8. The van der Waals surface area contributed by atoms with Crippen molar-refractivity contribution in [3.05, 3.63) is 32.4 Å². The Morgan fingerprint density at radius 2 is 2.00 bits per heavy atom. The van der Waals surface area contributed by atoms with E-state index >= 15 is 0 Å². The van der Waals surface area contributed by atoms with E-state index in [4.69, 9.17) is 27.9 Å². The summed E-state index contributed by atoms with van der Waals surface area (Å²) in [5.41, 5.74) is 1.13. The maximum absolute atomic E-state index is 11.8. The summed E-state index contributed by atoms with van der Waals surface area (Å²) in [7, 11) is 0. The van der Waals surface area contributed by atoms with E-state index in [1.165, 1.54) is 6.20 Å². The molecule has 1 aliphatic rings. The molecule has 4 rings (SSSR count). The summed E-state index contributed by atoms with van der Waals surface area (Å²) >= 11 is 12.0. The molecule has 0 radical (unpaired) electrons. The normalized spacial score (nSPS) is 18.9. The minimum atomic E-state index is -0.386. The van der Waals surface area contributed by atoms with Gasteiger partial charge in [0.1, 0.15) is 5.69 Å². The lowest BCUT2D eigenvalue weighted by molar-refractivity contribution is -0.386. The zero-order valence-electron chi connectivity index (χ0n) is 18.0. The van der Waals surface area contributed by atoms with Gasteiger partial charge in [-0.05, 0) is 49.6 Å². The molecule has 0 unspecified atom stereocenters. The van der Waals surface area contributed by atoms with Gasteiger partial charge in [0, 0.05) is 19.2 Å². The van der Waals surface area contributed by atoms with Gasteiger partial charge in [-0.1, -0.05) is 25.4 Å². The van der Waals surface area contributed by atoms with Crippen LogP contribution in [0.4, 0.5) is 5.69 Å². The van der Waals surface area contributed by atoms with Crippen LogP contribution in [-0.4, -0.2) is 41.1 Å². The summed E-state index contributed by atoms with van der Waals surface area (Å²) in [6, 6.07) is 0.180. The van der Waals surface area contributed by atoms with Gasteiger partial charge >= 0.3 is 11.6 Å². The Bertz CT molecular complexity index is 1120. The number of rotatable bonds is 8. The summed E-state index contributed by atoms with van der Waals surface area (Å²) in [6.07, 6.45) is 6.74. The van der Waals surface area contributed by atoms with Crippen molar-refractivity contribution >= 4 is 39.9 Å². The van der Waals surface area contributed by atoms with Crippen LogP contribution in [0.15, 0.2) is 6.20 Å². The zero-order valence-corrected chi connectivity index (χ0v) is 19.5. The molecule has 10 nitrogen and oxygen atoms in total. The lowest BCUT2D eigenvalue weighted by atomic mass is 9.87. The van der Waals surface area contributed by atoms with Gasteiger partial charge in [-0.25, -0.2) is 9.67 Å². The van der Waals surface area contributed by atoms with Crippen LogP contribution in [0.1, 0.15) is 57.7 Å². The van der Waals surface area contributed by atoms with Gasteiger partial charge in [0.2, 0.25) is 5.28 Å². The first-order chi connectivity index (χ1) is 15.4. The van der Waals surface area contributed by atoms with Crippen molar-refractivity contribution in [2.45, 2.75) is 65.0 Å². The maximum atomic E-state index is 11.8. The fourth-order valence-electron chi connectivity index (χ4n) is 4.28. The molecular weight excluding hydrogens is 457 g/mol. The van der Waals surface area contributed by atoms with Crippen molar-refractivity contribution in [3.63, 3.8) is 0 Å². The third-order valence-electron chi connectivity index (χ3n) is 5.97. The van der Waals surface area contributed by atoms with E-state index in [9.17, 15) is 10.1 Å². The van der Waals surface area contributed by atoms with E-state index in [2.05, 4.69) is 27.1 Å². The van der Waals surface area contributed by atoms with Crippen molar-refractivity contribution in [3.8, 4) is 5.88 Å². The molecule has 0 saturated heterocycles. The predicted molar refractivity (Wildman–Crippen MR) is 120 cm³/mol. The summed E-state index contributed by atoms with van der Waals surface area (Å²) in [6.45, 7) is 4.84. The van der Waals surface area contributed by atoms with Gasteiger partial charge in [-0.3, -0.25) is 14.8 Å². The standard InChI is InChI=1S/C20H25Cl2N7O3/c1-3-15-16(29(30)31)19(26-28(15)13-7-5-12(2)6-8-13)32-10-4-9-27-18-14(17(21)25-27)11-23-20(22)24-18/h11-13H,3-10H2,1-2H3. The molecule has 172 valence electrons. The molecule has 32 heavy (non-hydrogen) atoms. The number of aromatic nitrogens is 6. The molecule has 0 atom stereocenters. The molecular formula is C20H25Cl2N7O3. The highest BCUT2D eigenvalue weighted by Gasteiger charge is 2.32. The van der Waals surface area contributed by atoms with Crippen LogP contribution in [0.3, 0.4) is 0 Å². The van der Waals surface area contributed by atoms with Gasteiger partial charge in [0.15, 0.2) is 10.8 Å². The smallest absolute Gasteiger partial charge is 0.353 e. The molecule has 12 heteroatoms. The first-order valence-corrected chi connectivity index (χ1v) is 11.6. The van der Waals surface area contributed by atoms with E-state index in [1.807, 2.05) is 11.6 Å². The average molecular weight is 482 g/mol. The number of fused-ring (bicyclic) bond motifs is 1. The Kier molecular flexibility index (Phi) is 6.80. The van der Waals surface area contributed by atoms with Crippen LogP contribution >= 0.6 is 23.2 Å². The third kappa shape index (κ3) is 4.52. The van der Waals surface area contributed by atoms with E-state index in [1.54, 1.807) is 4.68 Å². The monoisotopic (exact) mass is 481 g/mol. The molecule has 0 aromatic carbocycles. The van der Waals surface area contributed by atoms with E-state index in [0.717, 1.165) is 25.7 Å². The van der Waals surface area contributed by atoms with Crippen molar-refractivity contribution < 1.29 is 9.66 Å². The van der Waals surface area contributed by atoms with E-state index in [0.29, 0.717) is 47.2 Å². The Labute approximate surface area is 195 Å². The maximum Gasteiger partial charge on any atom is 0.353 e. The average Bonchev–Trinajstić information content (AvgIpc) is 3.29. The summed E-state index contributed by atoms with van der Waals surface area (Å²) in [5, 5.41) is 21.6. The first-order valence-electron chi connectivity index (χ1n) is 10.8. The van der Waals surface area contributed by atoms with Crippen LogP contribution in [0.25, 0.3) is 11.0 Å². The van der Waals surface area contributed by atoms with Crippen LogP contribution in [0.5, 0.6) is 5.88 Å². The second kappa shape index (κ2) is 9.58. The molecule has 1 fully saturated rings. The molecule has 0 spiro atoms. The van der Waals surface area contributed by atoms with Crippen molar-refractivity contribution in [2.24, 2.45) is 5.92 Å². The van der Waals surface area contributed by atoms with Crippen LogP contribution < -0.4 is 4.74 Å². The highest BCUT2D eigenvalue weighted by molar-refractivity contribution is 6.34. The molecule has 0 aliphatic heterocycles. The number of aryl methyl sites for hydroxylation is 1. The summed E-state index contributed by atoms with van der Waals surface area (Å²) in [5.74, 6) is 0.767. The first kappa shape index (κ1) is 22.7. The lowest BCUT2D eigenvalue weighted by Crippen LogP contribution is -2.19. The molecule has 3 heterocycles. The largest absolute Gasteiger partial charge is 0.472 e. The molecule has 3 aromatic rings. The van der Waals surface area contributed by atoms with Crippen molar-refractivity contribution in [2.75, 3.05) is 6.61 Å². The Morgan fingerprint density at radius 1 is 1.25 bits per heavy atom. The second-order valence-electron chi connectivity index (χ2n) is 8.16. The number of halogens is 2. The molecule has 1 saturated carbocycles. The molecule has 0 bridgehead atoms. The number of ether oxygens (including phenoxy) is 1. The SMILES string of the molecule is CCc1c([N+](=O)[O-])c(OCCCn2nc(Cl)c3cnc(Cl)nc32)nn1C1CCC(C)CC1. The quantitative estimate of drug-likeness (QED) is 0.192. The van der Waals surface area contributed by atoms with Crippen molar-refractivity contribution in [1.82, 2.24) is 29.5 Å². The van der Waals surface area contributed by atoms with E-state index < -0.39 is 0 Å². The Hall–Kier alpha value is -2.46.